The average molecular weight is 253 g/mol. The molecule has 0 saturated carbocycles. The fourth-order valence-corrected chi connectivity index (χ4v) is 2.07. The van der Waals surface area contributed by atoms with Crippen LogP contribution in [0.15, 0.2) is 54.6 Å². The van der Waals surface area contributed by atoms with Gasteiger partial charge in [-0.2, -0.15) is 5.26 Å². The molecule has 0 radical (unpaired) electrons. The van der Waals surface area contributed by atoms with Gasteiger partial charge >= 0.3 is 0 Å². The fourth-order valence-electron chi connectivity index (χ4n) is 2.07. The Morgan fingerprint density at radius 2 is 1.63 bits per heavy atom. The van der Waals surface area contributed by atoms with Gasteiger partial charge in [-0.25, -0.2) is 0 Å². The third kappa shape index (κ3) is 2.59. The van der Waals surface area contributed by atoms with Crippen LogP contribution in [0.2, 0.25) is 0 Å². The van der Waals surface area contributed by atoms with Crippen molar-refractivity contribution in [3.05, 3.63) is 65.7 Å². The summed E-state index contributed by atoms with van der Waals surface area (Å²) in [4.78, 5) is 0. The van der Waals surface area contributed by atoms with Crippen molar-refractivity contribution in [3.8, 4) is 11.8 Å². The number of ether oxygens (including phenoxy) is 1. The number of methoxy groups -OCH3 is 1. The molecule has 0 aliphatic heterocycles. The standard InChI is InChI=1S/C16H15NO2/c1-19-15-9-7-14(8-10-15)16(18,11-12-17)13-5-3-2-4-6-13/h2-10,18H,11H2,1H3. The predicted molar refractivity (Wildman–Crippen MR) is 72.7 cm³/mol. The largest absolute Gasteiger partial charge is 0.497 e. The highest BCUT2D eigenvalue weighted by atomic mass is 16.5. The molecule has 0 spiro atoms. The molecular weight excluding hydrogens is 238 g/mol. The predicted octanol–water partition coefficient (Wildman–Crippen LogP) is 2.84. The van der Waals surface area contributed by atoms with E-state index in [0.717, 1.165) is 5.75 Å². The summed E-state index contributed by atoms with van der Waals surface area (Å²) in [6.07, 6.45) is 0.00332. The van der Waals surface area contributed by atoms with Crippen LogP contribution in [-0.2, 0) is 5.60 Å². The smallest absolute Gasteiger partial charge is 0.128 e. The summed E-state index contributed by atoms with van der Waals surface area (Å²) in [6, 6.07) is 18.4. The first-order valence-corrected chi connectivity index (χ1v) is 6.00. The van der Waals surface area contributed by atoms with Gasteiger partial charge in [0, 0.05) is 0 Å². The Labute approximate surface area is 112 Å². The summed E-state index contributed by atoms with van der Waals surface area (Å²) >= 11 is 0. The van der Waals surface area contributed by atoms with Crippen molar-refractivity contribution < 1.29 is 9.84 Å². The van der Waals surface area contributed by atoms with Gasteiger partial charge in [-0.05, 0) is 23.3 Å². The molecule has 2 rings (SSSR count). The molecule has 0 bridgehead atoms. The summed E-state index contributed by atoms with van der Waals surface area (Å²) < 4.78 is 5.10. The van der Waals surface area contributed by atoms with Gasteiger partial charge in [0.05, 0.1) is 19.6 Å². The number of rotatable bonds is 4. The number of hydrogen-bond donors (Lipinski definition) is 1. The third-order valence-corrected chi connectivity index (χ3v) is 3.15. The maximum absolute atomic E-state index is 10.9. The first-order valence-electron chi connectivity index (χ1n) is 6.00. The number of aliphatic hydroxyl groups is 1. The fraction of sp³-hybridized carbons (Fsp3) is 0.188. The van der Waals surface area contributed by atoms with Crippen LogP contribution >= 0.6 is 0 Å². The van der Waals surface area contributed by atoms with Crippen molar-refractivity contribution >= 4 is 0 Å². The van der Waals surface area contributed by atoms with E-state index in [1.165, 1.54) is 0 Å². The van der Waals surface area contributed by atoms with Crippen LogP contribution < -0.4 is 4.74 Å². The van der Waals surface area contributed by atoms with Crippen LogP contribution in [0.1, 0.15) is 17.5 Å². The zero-order valence-corrected chi connectivity index (χ0v) is 10.7. The number of hydrogen-bond acceptors (Lipinski definition) is 3. The van der Waals surface area contributed by atoms with E-state index in [4.69, 9.17) is 10.00 Å². The Bertz CT molecular complexity index is 572. The Hall–Kier alpha value is -2.31. The number of benzene rings is 2. The van der Waals surface area contributed by atoms with Gasteiger partial charge < -0.3 is 9.84 Å². The Morgan fingerprint density at radius 3 is 2.16 bits per heavy atom. The van der Waals surface area contributed by atoms with Gasteiger partial charge in [-0.3, -0.25) is 0 Å². The van der Waals surface area contributed by atoms with Gasteiger partial charge in [0.25, 0.3) is 0 Å². The lowest BCUT2D eigenvalue weighted by molar-refractivity contribution is 0.0859. The molecule has 96 valence electrons. The minimum Gasteiger partial charge on any atom is -0.497 e. The van der Waals surface area contributed by atoms with Crippen LogP contribution in [0.3, 0.4) is 0 Å². The second kappa shape index (κ2) is 5.55. The first-order chi connectivity index (χ1) is 9.20. The van der Waals surface area contributed by atoms with E-state index in [9.17, 15) is 5.11 Å². The van der Waals surface area contributed by atoms with Crippen LogP contribution in [0.4, 0.5) is 0 Å². The molecule has 3 heteroatoms. The summed E-state index contributed by atoms with van der Waals surface area (Å²) in [5, 5.41) is 19.8. The van der Waals surface area contributed by atoms with E-state index >= 15 is 0 Å². The van der Waals surface area contributed by atoms with Crippen molar-refractivity contribution in [3.63, 3.8) is 0 Å². The van der Waals surface area contributed by atoms with Crippen LogP contribution in [0.25, 0.3) is 0 Å². The molecule has 1 atom stereocenters. The van der Waals surface area contributed by atoms with Crippen LogP contribution in [0.5, 0.6) is 5.75 Å². The summed E-state index contributed by atoms with van der Waals surface area (Å²) in [6.45, 7) is 0. The van der Waals surface area contributed by atoms with E-state index < -0.39 is 5.60 Å². The molecule has 1 N–H and O–H groups in total. The zero-order chi connectivity index (χ0) is 13.7. The maximum Gasteiger partial charge on any atom is 0.128 e. The molecule has 0 aliphatic rings. The molecule has 2 aromatic rings. The third-order valence-electron chi connectivity index (χ3n) is 3.15. The molecule has 0 heterocycles. The van der Waals surface area contributed by atoms with Crippen molar-refractivity contribution in [2.75, 3.05) is 7.11 Å². The van der Waals surface area contributed by atoms with Crippen molar-refractivity contribution in [1.29, 1.82) is 5.26 Å². The van der Waals surface area contributed by atoms with Gasteiger partial charge in [-0.15, -0.1) is 0 Å². The van der Waals surface area contributed by atoms with Gasteiger partial charge in [0.1, 0.15) is 11.4 Å². The highest BCUT2D eigenvalue weighted by Crippen LogP contribution is 2.33. The molecule has 3 nitrogen and oxygen atoms in total. The highest BCUT2D eigenvalue weighted by molar-refractivity contribution is 5.39. The van der Waals surface area contributed by atoms with Crippen molar-refractivity contribution in [2.45, 2.75) is 12.0 Å². The molecule has 0 fully saturated rings. The Morgan fingerprint density at radius 1 is 1.05 bits per heavy atom. The van der Waals surface area contributed by atoms with Gasteiger partial charge in [-0.1, -0.05) is 42.5 Å². The molecular formula is C16H15NO2. The van der Waals surface area contributed by atoms with E-state index in [1.807, 2.05) is 30.3 Å². The minimum atomic E-state index is -1.29. The summed E-state index contributed by atoms with van der Waals surface area (Å²) in [5.74, 6) is 0.719. The topological polar surface area (TPSA) is 53.2 Å². The lowest BCUT2D eigenvalue weighted by atomic mass is 9.84. The molecule has 1 unspecified atom stereocenters. The maximum atomic E-state index is 10.9. The average Bonchev–Trinajstić information content (AvgIpc) is 2.48. The molecule has 0 aliphatic carbocycles. The molecule has 0 amide bonds. The minimum absolute atomic E-state index is 0.00332. The molecule has 0 saturated heterocycles. The summed E-state index contributed by atoms with van der Waals surface area (Å²) in [5.41, 5.74) is 0.102. The number of nitrogens with zero attached hydrogens (tertiary/aromatic N) is 1. The second-order valence-corrected chi connectivity index (χ2v) is 4.29. The van der Waals surface area contributed by atoms with E-state index in [-0.39, 0.29) is 6.42 Å². The lowest BCUT2D eigenvalue weighted by Crippen LogP contribution is -2.26. The Kier molecular flexibility index (Phi) is 3.84. The summed E-state index contributed by atoms with van der Waals surface area (Å²) in [7, 11) is 1.59. The van der Waals surface area contributed by atoms with Gasteiger partial charge in [0.15, 0.2) is 0 Å². The van der Waals surface area contributed by atoms with Crippen LogP contribution in [0, 0.1) is 11.3 Å². The highest BCUT2D eigenvalue weighted by Gasteiger charge is 2.31. The Balaban J connectivity index is 2.47. The molecule has 19 heavy (non-hydrogen) atoms. The van der Waals surface area contributed by atoms with Crippen LogP contribution in [-0.4, -0.2) is 12.2 Å². The zero-order valence-electron chi connectivity index (χ0n) is 10.7. The molecule has 2 aromatic carbocycles. The van der Waals surface area contributed by atoms with E-state index in [0.29, 0.717) is 11.1 Å². The second-order valence-electron chi connectivity index (χ2n) is 4.29. The first kappa shape index (κ1) is 13.1. The lowest BCUT2D eigenvalue weighted by Gasteiger charge is -2.26. The number of nitriles is 1. The van der Waals surface area contributed by atoms with E-state index in [2.05, 4.69) is 6.07 Å². The normalized spacial score (nSPS) is 13.3. The van der Waals surface area contributed by atoms with E-state index in [1.54, 1.807) is 31.4 Å². The SMILES string of the molecule is COc1ccc(C(O)(CC#N)c2ccccc2)cc1. The van der Waals surface area contributed by atoms with Gasteiger partial charge in [0.2, 0.25) is 0 Å². The monoisotopic (exact) mass is 253 g/mol. The van der Waals surface area contributed by atoms with Crippen molar-refractivity contribution in [2.24, 2.45) is 0 Å². The van der Waals surface area contributed by atoms with Crippen molar-refractivity contribution in [1.82, 2.24) is 0 Å². The molecule has 0 aromatic heterocycles. The quantitative estimate of drug-likeness (QED) is 0.911.